The maximum Gasteiger partial charge on any atom is 0.310 e. The molecule has 0 aromatic heterocycles. The van der Waals surface area contributed by atoms with Crippen molar-refractivity contribution in [2.75, 3.05) is 0 Å². The summed E-state index contributed by atoms with van der Waals surface area (Å²) in [4.78, 5) is 11.6. The van der Waals surface area contributed by atoms with Gasteiger partial charge in [0.1, 0.15) is 18.1 Å². The molecule has 2 aromatic carbocycles. The van der Waals surface area contributed by atoms with Crippen molar-refractivity contribution in [3.05, 3.63) is 57.1 Å². The van der Waals surface area contributed by atoms with Crippen molar-refractivity contribution in [2.45, 2.75) is 46.6 Å². The summed E-state index contributed by atoms with van der Waals surface area (Å²) < 4.78 is 38.5. The number of carbonyl (C=O) groups excluding carboxylic acids is 1. The number of esters is 1. The third kappa shape index (κ3) is 4.81. The van der Waals surface area contributed by atoms with Gasteiger partial charge in [-0.1, -0.05) is 35.8 Å². The van der Waals surface area contributed by atoms with Crippen LogP contribution in [0.25, 0.3) is 0 Å². The monoisotopic (exact) mass is 426 g/mol. The van der Waals surface area contributed by atoms with E-state index < -0.39 is 6.43 Å². The molecule has 0 fully saturated rings. The highest BCUT2D eigenvalue weighted by Crippen LogP contribution is 2.34. The molecule has 0 heterocycles. The molecule has 0 radical (unpaired) electrons. The highest BCUT2D eigenvalue weighted by atomic mass is 79.9. The van der Waals surface area contributed by atoms with E-state index >= 15 is 0 Å². The minimum absolute atomic E-state index is 0.00160. The molecule has 2 aromatic rings. The van der Waals surface area contributed by atoms with Crippen molar-refractivity contribution in [1.82, 2.24) is 0 Å². The predicted octanol–water partition coefficient (Wildman–Crippen LogP) is 6.15. The lowest BCUT2D eigenvalue weighted by Crippen LogP contribution is -2.09. The Morgan fingerprint density at radius 2 is 1.92 bits per heavy atom. The third-order valence-electron chi connectivity index (χ3n) is 4.04. The largest absolute Gasteiger partial charge is 0.488 e. The highest BCUT2D eigenvalue weighted by Gasteiger charge is 2.18. The maximum atomic E-state index is 13.4. The van der Waals surface area contributed by atoms with Crippen molar-refractivity contribution in [3.8, 4) is 11.5 Å². The van der Waals surface area contributed by atoms with Gasteiger partial charge in [-0.2, -0.15) is 0 Å². The smallest absolute Gasteiger partial charge is 0.310 e. The highest BCUT2D eigenvalue weighted by molar-refractivity contribution is 9.10. The van der Waals surface area contributed by atoms with Crippen LogP contribution in [0.3, 0.4) is 0 Å². The van der Waals surface area contributed by atoms with Crippen LogP contribution in [-0.2, 0) is 17.8 Å². The second-order valence-electron chi connectivity index (χ2n) is 5.80. The van der Waals surface area contributed by atoms with Gasteiger partial charge >= 0.3 is 5.97 Å². The molecule has 0 amide bonds. The van der Waals surface area contributed by atoms with Crippen LogP contribution in [-0.4, -0.2) is 5.97 Å². The summed E-state index contributed by atoms with van der Waals surface area (Å²) in [6.45, 7) is 5.49. The second-order valence-corrected chi connectivity index (χ2v) is 6.66. The predicted molar refractivity (Wildman–Crippen MR) is 99.9 cm³/mol. The van der Waals surface area contributed by atoms with Gasteiger partial charge in [0.2, 0.25) is 0 Å². The summed E-state index contributed by atoms with van der Waals surface area (Å²) in [5, 5.41) is 0. The Kier molecular flexibility index (Phi) is 7.14. The van der Waals surface area contributed by atoms with E-state index in [9.17, 15) is 13.6 Å². The lowest BCUT2D eigenvalue weighted by atomic mass is 10.0. The lowest BCUT2D eigenvalue weighted by Gasteiger charge is -2.17. The molecular weight excluding hydrogens is 406 g/mol. The summed E-state index contributed by atoms with van der Waals surface area (Å²) in [5.41, 5.74) is 2.22. The molecule has 0 spiro atoms. The number of alkyl halides is 2. The van der Waals surface area contributed by atoms with Gasteiger partial charge < -0.3 is 9.47 Å². The molecule has 0 aliphatic heterocycles. The number of benzene rings is 2. The second kappa shape index (κ2) is 9.12. The van der Waals surface area contributed by atoms with E-state index in [-0.39, 0.29) is 30.3 Å². The van der Waals surface area contributed by atoms with E-state index in [0.717, 1.165) is 11.1 Å². The van der Waals surface area contributed by atoms with E-state index in [0.29, 0.717) is 22.2 Å². The van der Waals surface area contributed by atoms with E-state index in [1.807, 2.05) is 13.8 Å². The minimum Gasteiger partial charge on any atom is -0.488 e. The number of hydrogen-bond acceptors (Lipinski definition) is 3. The molecule has 0 saturated heterocycles. The number of aryl methyl sites for hydroxylation is 2. The summed E-state index contributed by atoms with van der Waals surface area (Å²) in [7, 11) is 0. The molecule has 0 aliphatic carbocycles. The fourth-order valence-electron chi connectivity index (χ4n) is 2.54. The minimum atomic E-state index is -2.63. The molecule has 0 unspecified atom stereocenters. The molecule has 0 N–H and O–H groups in total. The van der Waals surface area contributed by atoms with Gasteiger partial charge in [0, 0.05) is 16.5 Å². The van der Waals surface area contributed by atoms with E-state index in [1.54, 1.807) is 31.2 Å². The van der Waals surface area contributed by atoms with Crippen LogP contribution < -0.4 is 9.47 Å². The standard InChI is InChI=1S/C20H21BrF2O3/c1-4-13-10-14(20(22)23)18(9-12(13)3)25-11-15-16(21)7-6-8-17(15)26-19(24)5-2/h6-10,20H,4-5,11H2,1-3H3. The van der Waals surface area contributed by atoms with E-state index in [1.165, 1.54) is 6.07 Å². The first kappa shape index (κ1) is 20.4. The van der Waals surface area contributed by atoms with Gasteiger partial charge in [-0.3, -0.25) is 4.79 Å². The van der Waals surface area contributed by atoms with Crippen LogP contribution >= 0.6 is 15.9 Å². The molecule has 0 aliphatic rings. The van der Waals surface area contributed by atoms with Gasteiger partial charge in [0.05, 0.1) is 5.56 Å². The zero-order valence-corrected chi connectivity index (χ0v) is 16.5. The Morgan fingerprint density at radius 1 is 1.19 bits per heavy atom. The van der Waals surface area contributed by atoms with Crippen LogP contribution in [0.2, 0.25) is 0 Å². The molecule has 0 atom stereocenters. The Morgan fingerprint density at radius 3 is 2.54 bits per heavy atom. The fourth-order valence-corrected chi connectivity index (χ4v) is 3.00. The van der Waals surface area contributed by atoms with Gasteiger partial charge in [-0.15, -0.1) is 0 Å². The van der Waals surface area contributed by atoms with E-state index in [2.05, 4.69) is 15.9 Å². The van der Waals surface area contributed by atoms with E-state index in [4.69, 9.17) is 9.47 Å². The average Bonchev–Trinajstić information content (AvgIpc) is 2.60. The number of hydrogen-bond donors (Lipinski definition) is 0. The van der Waals surface area contributed by atoms with Gasteiger partial charge in [-0.05, 0) is 48.7 Å². The maximum absolute atomic E-state index is 13.4. The summed E-state index contributed by atoms with van der Waals surface area (Å²) in [6.07, 6.45) is -1.72. The quantitative estimate of drug-likeness (QED) is 0.393. The molecule has 26 heavy (non-hydrogen) atoms. The number of halogens is 3. The Labute approximate surface area is 160 Å². The van der Waals surface area contributed by atoms with Gasteiger partial charge in [-0.25, -0.2) is 8.78 Å². The Hall–Kier alpha value is -1.95. The number of rotatable bonds is 7. The third-order valence-corrected chi connectivity index (χ3v) is 4.79. The zero-order valence-electron chi connectivity index (χ0n) is 14.9. The van der Waals surface area contributed by atoms with Crippen molar-refractivity contribution in [3.63, 3.8) is 0 Å². The first-order valence-corrected chi connectivity index (χ1v) is 9.19. The normalized spacial score (nSPS) is 10.9. The Balaban J connectivity index is 2.32. The summed E-state index contributed by atoms with van der Waals surface area (Å²) in [5.74, 6) is 0.116. The van der Waals surface area contributed by atoms with Crippen LogP contribution in [0, 0.1) is 6.92 Å². The first-order valence-electron chi connectivity index (χ1n) is 8.39. The zero-order chi connectivity index (χ0) is 19.3. The van der Waals surface area contributed by atoms with Gasteiger partial charge in [0.25, 0.3) is 6.43 Å². The first-order chi connectivity index (χ1) is 12.4. The van der Waals surface area contributed by atoms with Gasteiger partial charge in [0.15, 0.2) is 0 Å². The van der Waals surface area contributed by atoms with Crippen molar-refractivity contribution in [1.29, 1.82) is 0 Å². The summed E-state index contributed by atoms with van der Waals surface area (Å²) in [6, 6.07) is 8.29. The van der Waals surface area contributed by atoms with Crippen LogP contribution in [0.1, 0.15) is 48.9 Å². The molecular formula is C20H21BrF2O3. The van der Waals surface area contributed by atoms with Crippen molar-refractivity contribution < 1.29 is 23.0 Å². The molecule has 3 nitrogen and oxygen atoms in total. The van der Waals surface area contributed by atoms with Crippen molar-refractivity contribution >= 4 is 21.9 Å². The molecule has 140 valence electrons. The van der Waals surface area contributed by atoms with Crippen LogP contribution in [0.5, 0.6) is 11.5 Å². The number of ether oxygens (including phenoxy) is 2. The molecule has 0 saturated carbocycles. The van der Waals surface area contributed by atoms with Crippen LogP contribution in [0.15, 0.2) is 34.8 Å². The number of carbonyl (C=O) groups is 1. The fraction of sp³-hybridized carbons (Fsp3) is 0.350. The Bertz CT molecular complexity index is 791. The molecule has 0 bridgehead atoms. The van der Waals surface area contributed by atoms with Crippen LogP contribution in [0.4, 0.5) is 8.78 Å². The lowest BCUT2D eigenvalue weighted by molar-refractivity contribution is -0.134. The SMILES string of the molecule is CCC(=O)Oc1cccc(Br)c1COc1cc(C)c(CC)cc1C(F)F. The van der Waals surface area contributed by atoms with Crippen molar-refractivity contribution in [2.24, 2.45) is 0 Å². The summed E-state index contributed by atoms with van der Waals surface area (Å²) >= 11 is 3.40. The molecule has 6 heteroatoms. The molecule has 2 rings (SSSR count). The topological polar surface area (TPSA) is 35.5 Å². The average molecular weight is 427 g/mol.